The molecule has 2 rings (SSSR count). The number of aryl methyl sites for hydroxylation is 1. The maximum atomic E-state index is 5.85. The Morgan fingerprint density at radius 3 is 2.33 bits per heavy atom. The molecule has 0 aliphatic carbocycles. The summed E-state index contributed by atoms with van der Waals surface area (Å²) in [6, 6.07) is 4.35. The lowest BCUT2D eigenvalue weighted by molar-refractivity contribution is 0.199. The number of rotatable bonds is 6. The third-order valence-corrected chi connectivity index (χ3v) is 5.31. The first kappa shape index (κ1) is 16.3. The summed E-state index contributed by atoms with van der Waals surface area (Å²) in [7, 11) is 0. The summed E-state index contributed by atoms with van der Waals surface area (Å²) in [5.41, 5.74) is 8.82. The Bertz CT molecular complexity index is 442. The average Bonchev–Trinajstić information content (AvgIpc) is 2.55. The van der Waals surface area contributed by atoms with E-state index in [1.807, 2.05) is 0 Å². The van der Waals surface area contributed by atoms with Crippen LogP contribution >= 0.6 is 0 Å². The molecule has 0 spiro atoms. The van der Waals surface area contributed by atoms with Crippen molar-refractivity contribution in [1.29, 1.82) is 0 Å². The van der Waals surface area contributed by atoms with Crippen LogP contribution in [0.1, 0.15) is 64.1 Å². The van der Waals surface area contributed by atoms with Gasteiger partial charge in [-0.15, -0.1) is 0 Å². The standard InChI is InChI=1S/C18H31N3/c1-4-7-16-12-15(14-19)13-17(20-16)21-10-8-18(5-2,6-3)9-11-21/h12-13H,4-11,14,19H2,1-3H3. The maximum Gasteiger partial charge on any atom is 0.129 e. The fraction of sp³-hybridized carbons (Fsp3) is 0.722. The van der Waals surface area contributed by atoms with E-state index in [0.29, 0.717) is 12.0 Å². The van der Waals surface area contributed by atoms with E-state index in [1.165, 1.54) is 36.9 Å². The number of nitrogens with zero attached hydrogens (tertiary/aromatic N) is 2. The van der Waals surface area contributed by atoms with Crippen LogP contribution in [0.4, 0.5) is 5.82 Å². The molecule has 0 unspecified atom stereocenters. The van der Waals surface area contributed by atoms with Gasteiger partial charge in [-0.05, 0) is 42.4 Å². The van der Waals surface area contributed by atoms with Crippen molar-refractivity contribution < 1.29 is 0 Å². The summed E-state index contributed by atoms with van der Waals surface area (Å²) < 4.78 is 0. The number of piperidine rings is 1. The predicted octanol–water partition coefficient (Wildman–Crippen LogP) is 3.90. The molecule has 0 amide bonds. The molecule has 0 atom stereocenters. The molecule has 2 heterocycles. The van der Waals surface area contributed by atoms with Crippen molar-refractivity contribution in [2.75, 3.05) is 18.0 Å². The van der Waals surface area contributed by atoms with Gasteiger partial charge in [-0.3, -0.25) is 0 Å². The first-order valence-electron chi connectivity index (χ1n) is 8.61. The molecule has 0 bridgehead atoms. The summed E-state index contributed by atoms with van der Waals surface area (Å²) in [5, 5.41) is 0. The number of hydrogen-bond donors (Lipinski definition) is 1. The quantitative estimate of drug-likeness (QED) is 0.863. The summed E-state index contributed by atoms with van der Waals surface area (Å²) in [4.78, 5) is 7.32. The summed E-state index contributed by atoms with van der Waals surface area (Å²) in [6.45, 7) is 9.75. The van der Waals surface area contributed by atoms with E-state index >= 15 is 0 Å². The Kier molecular flexibility index (Phi) is 5.63. The van der Waals surface area contributed by atoms with Crippen LogP contribution in [0.3, 0.4) is 0 Å². The monoisotopic (exact) mass is 289 g/mol. The molecule has 1 aliphatic heterocycles. The molecule has 1 aromatic heterocycles. The molecule has 2 N–H and O–H groups in total. The molecule has 118 valence electrons. The predicted molar refractivity (Wildman–Crippen MR) is 90.6 cm³/mol. The smallest absolute Gasteiger partial charge is 0.129 e. The van der Waals surface area contributed by atoms with Gasteiger partial charge in [0.15, 0.2) is 0 Å². The van der Waals surface area contributed by atoms with Gasteiger partial charge in [-0.25, -0.2) is 4.98 Å². The Labute approximate surface area is 129 Å². The minimum Gasteiger partial charge on any atom is -0.357 e. The van der Waals surface area contributed by atoms with Gasteiger partial charge in [0.2, 0.25) is 0 Å². The van der Waals surface area contributed by atoms with Gasteiger partial charge in [0, 0.05) is 25.3 Å². The lowest BCUT2D eigenvalue weighted by Crippen LogP contribution is -2.40. The molecule has 0 saturated carbocycles. The lowest BCUT2D eigenvalue weighted by Gasteiger charge is -2.41. The number of anilines is 1. The fourth-order valence-corrected chi connectivity index (χ4v) is 3.46. The third kappa shape index (κ3) is 3.76. The van der Waals surface area contributed by atoms with Crippen molar-refractivity contribution in [3.8, 4) is 0 Å². The fourth-order valence-electron chi connectivity index (χ4n) is 3.46. The molecule has 1 fully saturated rings. The van der Waals surface area contributed by atoms with Crippen molar-refractivity contribution in [2.24, 2.45) is 11.1 Å². The van der Waals surface area contributed by atoms with Crippen molar-refractivity contribution in [3.63, 3.8) is 0 Å². The normalized spacial score (nSPS) is 18.0. The highest BCUT2D eigenvalue weighted by Crippen LogP contribution is 2.38. The highest BCUT2D eigenvalue weighted by atomic mass is 15.2. The topological polar surface area (TPSA) is 42.1 Å². The second-order valence-corrected chi connectivity index (χ2v) is 6.47. The van der Waals surface area contributed by atoms with Crippen molar-refractivity contribution in [1.82, 2.24) is 4.98 Å². The average molecular weight is 289 g/mol. The molecular formula is C18H31N3. The Balaban J connectivity index is 2.14. The summed E-state index contributed by atoms with van der Waals surface area (Å²) >= 11 is 0. The number of pyridine rings is 1. The van der Waals surface area contributed by atoms with Crippen molar-refractivity contribution in [3.05, 3.63) is 23.4 Å². The third-order valence-electron chi connectivity index (χ3n) is 5.31. The van der Waals surface area contributed by atoms with E-state index in [0.717, 1.165) is 31.7 Å². The molecule has 3 nitrogen and oxygen atoms in total. The Morgan fingerprint density at radius 1 is 1.14 bits per heavy atom. The first-order valence-corrected chi connectivity index (χ1v) is 8.61. The van der Waals surface area contributed by atoms with Crippen LogP contribution in [0, 0.1) is 5.41 Å². The van der Waals surface area contributed by atoms with Gasteiger partial charge in [0.1, 0.15) is 5.82 Å². The van der Waals surface area contributed by atoms with E-state index in [4.69, 9.17) is 10.7 Å². The molecule has 21 heavy (non-hydrogen) atoms. The van der Waals surface area contributed by atoms with Crippen LogP contribution in [0.2, 0.25) is 0 Å². The zero-order chi connectivity index (χ0) is 15.3. The molecular weight excluding hydrogens is 258 g/mol. The Hall–Kier alpha value is -1.09. The van der Waals surface area contributed by atoms with Gasteiger partial charge in [0.25, 0.3) is 0 Å². The van der Waals surface area contributed by atoms with Crippen LogP contribution in [0.5, 0.6) is 0 Å². The van der Waals surface area contributed by atoms with E-state index in [9.17, 15) is 0 Å². The Morgan fingerprint density at radius 2 is 1.81 bits per heavy atom. The second-order valence-electron chi connectivity index (χ2n) is 6.47. The first-order chi connectivity index (χ1) is 10.2. The van der Waals surface area contributed by atoms with Crippen LogP contribution < -0.4 is 10.6 Å². The van der Waals surface area contributed by atoms with E-state index in [-0.39, 0.29) is 0 Å². The van der Waals surface area contributed by atoms with Gasteiger partial charge < -0.3 is 10.6 Å². The summed E-state index contributed by atoms with van der Waals surface area (Å²) in [5.74, 6) is 1.14. The summed E-state index contributed by atoms with van der Waals surface area (Å²) in [6.07, 6.45) is 7.36. The molecule has 0 aromatic carbocycles. The van der Waals surface area contributed by atoms with Crippen molar-refractivity contribution >= 4 is 5.82 Å². The van der Waals surface area contributed by atoms with Crippen LogP contribution in [-0.4, -0.2) is 18.1 Å². The van der Waals surface area contributed by atoms with Gasteiger partial charge >= 0.3 is 0 Å². The maximum absolute atomic E-state index is 5.85. The van der Waals surface area contributed by atoms with Gasteiger partial charge in [0.05, 0.1) is 0 Å². The largest absolute Gasteiger partial charge is 0.357 e. The van der Waals surface area contributed by atoms with Gasteiger partial charge in [-0.1, -0.05) is 40.0 Å². The van der Waals surface area contributed by atoms with Crippen LogP contribution in [0.15, 0.2) is 12.1 Å². The molecule has 1 aromatic rings. The zero-order valence-electron chi connectivity index (χ0n) is 14.0. The minimum absolute atomic E-state index is 0.564. The minimum atomic E-state index is 0.564. The number of aromatic nitrogens is 1. The van der Waals surface area contributed by atoms with Crippen molar-refractivity contribution in [2.45, 2.75) is 65.8 Å². The molecule has 1 aliphatic rings. The number of hydrogen-bond acceptors (Lipinski definition) is 3. The highest BCUT2D eigenvalue weighted by Gasteiger charge is 2.31. The molecule has 0 radical (unpaired) electrons. The van der Waals surface area contributed by atoms with E-state index in [1.54, 1.807) is 0 Å². The molecule has 3 heteroatoms. The van der Waals surface area contributed by atoms with Crippen LogP contribution in [-0.2, 0) is 13.0 Å². The highest BCUT2D eigenvalue weighted by molar-refractivity contribution is 5.43. The lowest BCUT2D eigenvalue weighted by atomic mass is 9.74. The zero-order valence-corrected chi connectivity index (χ0v) is 14.0. The van der Waals surface area contributed by atoms with E-state index in [2.05, 4.69) is 37.8 Å². The SMILES string of the molecule is CCCc1cc(CN)cc(N2CCC(CC)(CC)CC2)n1. The van der Waals surface area contributed by atoms with E-state index < -0.39 is 0 Å². The molecule has 1 saturated heterocycles. The van der Waals surface area contributed by atoms with Crippen LogP contribution in [0.25, 0.3) is 0 Å². The number of nitrogens with two attached hydrogens (primary N) is 1. The van der Waals surface area contributed by atoms with Gasteiger partial charge in [-0.2, -0.15) is 0 Å². The second kappa shape index (κ2) is 7.26.